The van der Waals surface area contributed by atoms with E-state index < -0.39 is 0 Å². The molecule has 29 heavy (non-hydrogen) atoms. The molecule has 0 unspecified atom stereocenters. The zero-order valence-electron chi connectivity index (χ0n) is 18.2. The molecule has 1 aliphatic carbocycles. The minimum absolute atomic E-state index is 0.159. The van der Waals surface area contributed by atoms with Crippen molar-refractivity contribution >= 4 is 11.8 Å². The molecule has 1 saturated heterocycles. The molecular weight excluding hydrogens is 362 g/mol. The van der Waals surface area contributed by atoms with Crippen molar-refractivity contribution in [3.63, 3.8) is 0 Å². The molecule has 158 valence electrons. The number of piperazine rings is 1. The molecule has 0 bridgehead atoms. The normalized spacial score (nSPS) is 21.3. The van der Waals surface area contributed by atoms with Crippen molar-refractivity contribution < 1.29 is 9.59 Å². The molecule has 3 aliphatic rings. The summed E-state index contributed by atoms with van der Waals surface area (Å²) < 4.78 is 0. The number of carbonyl (C=O) groups excluding carboxylic acids is 2. The fraction of sp³-hybridized carbons (Fsp3) is 0.667. The zero-order chi connectivity index (χ0) is 20.6. The van der Waals surface area contributed by atoms with Gasteiger partial charge in [0.25, 0.3) is 5.91 Å². The lowest BCUT2D eigenvalue weighted by Gasteiger charge is -2.38. The zero-order valence-corrected chi connectivity index (χ0v) is 18.2. The summed E-state index contributed by atoms with van der Waals surface area (Å²) in [7, 11) is 0. The molecule has 2 amide bonds. The van der Waals surface area contributed by atoms with Crippen LogP contribution in [0.2, 0.25) is 0 Å². The van der Waals surface area contributed by atoms with Gasteiger partial charge < -0.3 is 9.80 Å². The summed E-state index contributed by atoms with van der Waals surface area (Å²) in [5.41, 5.74) is 2.84. The van der Waals surface area contributed by atoms with Crippen LogP contribution in [0.4, 0.5) is 0 Å². The molecule has 0 aromatic heterocycles. The Bertz CT molecular complexity index is 769. The van der Waals surface area contributed by atoms with E-state index in [1.807, 2.05) is 36.6 Å². The summed E-state index contributed by atoms with van der Waals surface area (Å²) in [6.07, 6.45) is 6.20. The third-order valence-corrected chi connectivity index (χ3v) is 6.84. The van der Waals surface area contributed by atoms with Crippen LogP contribution in [0, 0.1) is 5.41 Å². The molecule has 5 heteroatoms. The SMILES string of the molecule is CC(C)(C)C(=O)N1CCc2cc(C(=O)N3CCN(C4CCCC4)CC3)ccc2C1. The van der Waals surface area contributed by atoms with Gasteiger partial charge in [0, 0.05) is 56.3 Å². The van der Waals surface area contributed by atoms with E-state index >= 15 is 0 Å². The van der Waals surface area contributed by atoms with E-state index in [-0.39, 0.29) is 17.2 Å². The molecule has 2 heterocycles. The van der Waals surface area contributed by atoms with Crippen LogP contribution >= 0.6 is 0 Å². The molecule has 0 radical (unpaired) electrons. The fourth-order valence-corrected chi connectivity index (χ4v) is 5.08. The third-order valence-electron chi connectivity index (χ3n) is 6.84. The van der Waals surface area contributed by atoms with Gasteiger partial charge in [0.2, 0.25) is 5.91 Å². The van der Waals surface area contributed by atoms with Crippen LogP contribution in [0.3, 0.4) is 0 Å². The summed E-state index contributed by atoms with van der Waals surface area (Å²) in [5.74, 6) is 0.357. The summed E-state index contributed by atoms with van der Waals surface area (Å²) in [4.78, 5) is 32.2. The standard InChI is InChI=1S/C24H35N3O2/c1-24(2,3)23(29)27-11-10-18-16-19(8-9-20(18)17-27)22(28)26-14-12-25(13-15-26)21-6-4-5-7-21/h8-9,16,21H,4-7,10-15,17H2,1-3H3. The number of nitrogens with zero attached hydrogens (tertiary/aromatic N) is 3. The van der Waals surface area contributed by atoms with E-state index in [1.54, 1.807) is 0 Å². The van der Waals surface area contributed by atoms with Crippen LogP contribution in [0.15, 0.2) is 18.2 Å². The Labute approximate surface area is 175 Å². The Balaban J connectivity index is 1.38. The number of carbonyl (C=O) groups is 2. The van der Waals surface area contributed by atoms with Crippen molar-refractivity contribution in [2.45, 2.75) is 65.5 Å². The topological polar surface area (TPSA) is 43.9 Å². The van der Waals surface area contributed by atoms with Gasteiger partial charge in [-0.05, 0) is 42.5 Å². The summed E-state index contributed by atoms with van der Waals surface area (Å²) in [5, 5.41) is 0. The Kier molecular flexibility index (Phi) is 5.69. The van der Waals surface area contributed by atoms with Gasteiger partial charge in [-0.1, -0.05) is 39.7 Å². The van der Waals surface area contributed by atoms with Gasteiger partial charge in [-0.15, -0.1) is 0 Å². The molecule has 5 nitrogen and oxygen atoms in total. The maximum absolute atomic E-state index is 13.1. The molecule has 0 atom stereocenters. The van der Waals surface area contributed by atoms with Gasteiger partial charge in [0.15, 0.2) is 0 Å². The average Bonchev–Trinajstić information content (AvgIpc) is 3.26. The van der Waals surface area contributed by atoms with Crippen LogP contribution in [-0.4, -0.2) is 65.3 Å². The maximum Gasteiger partial charge on any atom is 0.253 e. The predicted molar refractivity (Wildman–Crippen MR) is 115 cm³/mol. The van der Waals surface area contributed by atoms with Gasteiger partial charge in [-0.3, -0.25) is 14.5 Å². The Morgan fingerprint density at radius 3 is 2.24 bits per heavy atom. The Hall–Kier alpha value is -1.88. The van der Waals surface area contributed by atoms with Gasteiger partial charge in [-0.2, -0.15) is 0 Å². The van der Waals surface area contributed by atoms with E-state index in [4.69, 9.17) is 0 Å². The molecular formula is C24H35N3O2. The Morgan fingerprint density at radius 2 is 1.59 bits per heavy atom. The van der Waals surface area contributed by atoms with E-state index in [0.29, 0.717) is 6.54 Å². The number of benzene rings is 1. The minimum Gasteiger partial charge on any atom is -0.338 e. The highest BCUT2D eigenvalue weighted by Gasteiger charge is 2.31. The van der Waals surface area contributed by atoms with E-state index in [1.165, 1.54) is 36.8 Å². The van der Waals surface area contributed by atoms with Gasteiger partial charge in [0.1, 0.15) is 0 Å². The molecule has 2 fully saturated rings. The Morgan fingerprint density at radius 1 is 0.897 bits per heavy atom. The highest BCUT2D eigenvalue weighted by Crippen LogP contribution is 2.27. The summed E-state index contributed by atoms with van der Waals surface area (Å²) >= 11 is 0. The predicted octanol–water partition coefficient (Wildman–Crippen LogP) is 3.32. The second-order valence-corrected chi connectivity index (χ2v) is 9.98. The molecule has 2 aliphatic heterocycles. The van der Waals surface area contributed by atoms with Gasteiger partial charge in [0.05, 0.1) is 0 Å². The molecule has 1 aromatic carbocycles. The smallest absolute Gasteiger partial charge is 0.253 e. The summed E-state index contributed by atoms with van der Waals surface area (Å²) in [6, 6.07) is 6.82. The van der Waals surface area contributed by atoms with Gasteiger partial charge >= 0.3 is 0 Å². The number of hydrogen-bond donors (Lipinski definition) is 0. The van der Waals surface area contributed by atoms with Crippen LogP contribution in [-0.2, 0) is 17.8 Å². The lowest BCUT2D eigenvalue weighted by molar-refractivity contribution is -0.140. The number of amides is 2. The van der Waals surface area contributed by atoms with Gasteiger partial charge in [-0.25, -0.2) is 0 Å². The van der Waals surface area contributed by atoms with Crippen LogP contribution in [0.25, 0.3) is 0 Å². The largest absolute Gasteiger partial charge is 0.338 e. The van der Waals surface area contributed by atoms with Crippen molar-refractivity contribution in [3.8, 4) is 0 Å². The molecule has 0 N–H and O–H groups in total. The number of fused-ring (bicyclic) bond motifs is 1. The summed E-state index contributed by atoms with van der Waals surface area (Å²) in [6.45, 7) is 11.0. The highest BCUT2D eigenvalue weighted by molar-refractivity contribution is 5.94. The van der Waals surface area contributed by atoms with Crippen LogP contribution in [0.5, 0.6) is 0 Å². The van der Waals surface area contributed by atoms with E-state index in [2.05, 4.69) is 17.0 Å². The lowest BCUT2D eigenvalue weighted by Crippen LogP contribution is -2.51. The minimum atomic E-state index is -0.353. The quantitative estimate of drug-likeness (QED) is 0.769. The second kappa shape index (κ2) is 8.10. The average molecular weight is 398 g/mol. The van der Waals surface area contributed by atoms with Crippen LogP contribution in [0.1, 0.15) is 67.9 Å². The first-order valence-electron chi connectivity index (χ1n) is 11.3. The number of hydrogen-bond acceptors (Lipinski definition) is 3. The monoisotopic (exact) mass is 397 g/mol. The van der Waals surface area contributed by atoms with E-state index in [0.717, 1.165) is 50.7 Å². The second-order valence-electron chi connectivity index (χ2n) is 9.98. The lowest BCUT2D eigenvalue weighted by atomic mass is 9.91. The molecule has 1 saturated carbocycles. The van der Waals surface area contributed by atoms with Crippen molar-refractivity contribution in [2.75, 3.05) is 32.7 Å². The molecule has 0 spiro atoms. The van der Waals surface area contributed by atoms with E-state index in [9.17, 15) is 9.59 Å². The fourth-order valence-electron chi connectivity index (χ4n) is 5.08. The molecule has 4 rings (SSSR count). The van der Waals surface area contributed by atoms with Crippen LogP contribution < -0.4 is 0 Å². The first-order valence-corrected chi connectivity index (χ1v) is 11.3. The van der Waals surface area contributed by atoms with Crippen molar-refractivity contribution in [2.24, 2.45) is 5.41 Å². The van der Waals surface area contributed by atoms with Crippen molar-refractivity contribution in [1.82, 2.24) is 14.7 Å². The van der Waals surface area contributed by atoms with Crippen molar-refractivity contribution in [3.05, 3.63) is 34.9 Å². The number of rotatable bonds is 2. The maximum atomic E-state index is 13.1. The first-order chi connectivity index (χ1) is 13.8. The van der Waals surface area contributed by atoms with Crippen molar-refractivity contribution in [1.29, 1.82) is 0 Å². The molecule has 1 aromatic rings. The highest BCUT2D eigenvalue weighted by atomic mass is 16.2. The third kappa shape index (κ3) is 4.35. The first kappa shape index (κ1) is 20.4.